The highest BCUT2D eigenvalue weighted by molar-refractivity contribution is 7.99. The van der Waals surface area contributed by atoms with Crippen molar-refractivity contribution < 1.29 is 13.2 Å². The summed E-state index contributed by atoms with van der Waals surface area (Å²) in [4.78, 5) is 3.81. The molecule has 0 amide bonds. The molecule has 18 heavy (non-hydrogen) atoms. The van der Waals surface area contributed by atoms with E-state index in [1.54, 1.807) is 0 Å². The molecule has 1 heterocycles. The molecular weight excluding hydrogens is 261 g/mol. The monoisotopic (exact) mass is 278 g/mol. The number of thioether (sulfide) groups is 1. The second kappa shape index (κ2) is 6.99. The number of pyridine rings is 1. The Labute approximate surface area is 109 Å². The van der Waals surface area contributed by atoms with Crippen LogP contribution in [0, 0.1) is 0 Å². The third kappa shape index (κ3) is 5.27. The zero-order chi connectivity index (χ0) is 13.6. The van der Waals surface area contributed by atoms with Gasteiger partial charge in [0.15, 0.2) is 0 Å². The van der Waals surface area contributed by atoms with E-state index in [4.69, 9.17) is 0 Å². The summed E-state index contributed by atoms with van der Waals surface area (Å²) in [6, 6.07) is 2.96. The molecule has 0 aliphatic heterocycles. The van der Waals surface area contributed by atoms with Crippen LogP contribution in [-0.2, 0) is 6.18 Å². The molecule has 102 valence electrons. The fourth-order valence-corrected chi connectivity index (χ4v) is 2.16. The van der Waals surface area contributed by atoms with Crippen molar-refractivity contribution in [2.24, 2.45) is 0 Å². The van der Waals surface area contributed by atoms with Crippen LogP contribution in [0.25, 0.3) is 0 Å². The van der Waals surface area contributed by atoms with E-state index in [0.717, 1.165) is 30.9 Å². The summed E-state index contributed by atoms with van der Waals surface area (Å²) >= 11 is 1.49. The molecule has 1 unspecified atom stereocenters. The lowest BCUT2D eigenvalue weighted by Gasteiger charge is -2.09. The zero-order valence-electron chi connectivity index (χ0n) is 10.4. The van der Waals surface area contributed by atoms with Gasteiger partial charge in [-0.1, -0.05) is 0 Å². The summed E-state index contributed by atoms with van der Waals surface area (Å²) in [6.45, 7) is 2.10. The first kappa shape index (κ1) is 15.3. The van der Waals surface area contributed by atoms with E-state index in [0.29, 0.717) is 11.1 Å². The molecule has 0 fully saturated rings. The van der Waals surface area contributed by atoms with Crippen LogP contribution in [0.4, 0.5) is 13.2 Å². The second-order valence-electron chi connectivity index (χ2n) is 4.06. The Morgan fingerprint density at radius 1 is 1.39 bits per heavy atom. The number of hydrogen-bond donors (Lipinski definition) is 1. The van der Waals surface area contributed by atoms with Gasteiger partial charge in [-0.15, -0.1) is 11.8 Å². The van der Waals surface area contributed by atoms with Gasteiger partial charge in [0.2, 0.25) is 0 Å². The lowest BCUT2D eigenvalue weighted by molar-refractivity contribution is -0.137. The molecule has 0 aliphatic carbocycles. The Hall–Kier alpha value is -0.750. The lowest BCUT2D eigenvalue weighted by atomic mass is 10.2. The molecule has 0 aliphatic rings. The molecular formula is C12H17F3N2S. The van der Waals surface area contributed by atoms with Crippen molar-refractivity contribution in [1.82, 2.24) is 10.3 Å². The highest BCUT2D eigenvalue weighted by Crippen LogP contribution is 2.29. The summed E-state index contributed by atoms with van der Waals surface area (Å²) in [5, 5.41) is 3.78. The van der Waals surface area contributed by atoms with Crippen LogP contribution in [0.15, 0.2) is 23.4 Å². The van der Waals surface area contributed by atoms with Crippen LogP contribution in [-0.4, -0.2) is 23.8 Å². The van der Waals surface area contributed by atoms with Crippen molar-refractivity contribution in [3.63, 3.8) is 0 Å². The molecule has 0 saturated carbocycles. The zero-order valence-corrected chi connectivity index (χ0v) is 11.2. The smallest absolute Gasteiger partial charge is 0.317 e. The SMILES string of the molecule is CNC(C)CCCSc1ccc(C(F)(F)F)cn1. The van der Waals surface area contributed by atoms with Gasteiger partial charge in [-0.3, -0.25) is 0 Å². The second-order valence-corrected chi connectivity index (χ2v) is 5.18. The molecule has 0 spiro atoms. The van der Waals surface area contributed by atoms with Crippen LogP contribution in [0.1, 0.15) is 25.3 Å². The summed E-state index contributed by atoms with van der Waals surface area (Å²) < 4.78 is 36.9. The van der Waals surface area contributed by atoms with Crippen molar-refractivity contribution in [3.8, 4) is 0 Å². The summed E-state index contributed by atoms with van der Waals surface area (Å²) in [6.07, 6.45) is -1.36. The van der Waals surface area contributed by atoms with E-state index in [2.05, 4.69) is 17.2 Å². The molecule has 0 aromatic carbocycles. The third-order valence-electron chi connectivity index (χ3n) is 2.59. The number of halogens is 3. The molecule has 1 rings (SSSR count). The molecule has 1 N–H and O–H groups in total. The Bertz CT molecular complexity index is 351. The van der Waals surface area contributed by atoms with Crippen LogP contribution in [0.3, 0.4) is 0 Å². The van der Waals surface area contributed by atoms with Gasteiger partial charge >= 0.3 is 6.18 Å². The van der Waals surface area contributed by atoms with E-state index in [9.17, 15) is 13.2 Å². The molecule has 0 saturated heterocycles. The van der Waals surface area contributed by atoms with Crippen LogP contribution in [0.5, 0.6) is 0 Å². The number of nitrogens with zero attached hydrogens (tertiary/aromatic N) is 1. The van der Waals surface area contributed by atoms with E-state index in [-0.39, 0.29) is 0 Å². The van der Waals surface area contributed by atoms with Gasteiger partial charge < -0.3 is 5.32 Å². The normalized spacial score (nSPS) is 13.6. The first-order valence-corrected chi connectivity index (χ1v) is 6.75. The highest BCUT2D eigenvalue weighted by atomic mass is 32.2. The van der Waals surface area contributed by atoms with Crippen LogP contribution >= 0.6 is 11.8 Å². The van der Waals surface area contributed by atoms with E-state index in [1.165, 1.54) is 17.8 Å². The average molecular weight is 278 g/mol. The fourth-order valence-electron chi connectivity index (χ4n) is 1.34. The minimum Gasteiger partial charge on any atom is -0.317 e. The largest absolute Gasteiger partial charge is 0.417 e. The van der Waals surface area contributed by atoms with Gasteiger partial charge in [0.25, 0.3) is 0 Å². The van der Waals surface area contributed by atoms with Gasteiger partial charge in [0.1, 0.15) is 0 Å². The van der Waals surface area contributed by atoms with E-state index in [1.807, 2.05) is 7.05 Å². The highest BCUT2D eigenvalue weighted by Gasteiger charge is 2.30. The van der Waals surface area contributed by atoms with Crippen LogP contribution in [0.2, 0.25) is 0 Å². The van der Waals surface area contributed by atoms with Crippen LogP contribution < -0.4 is 5.32 Å². The van der Waals surface area contributed by atoms with Gasteiger partial charge in [0, 0.05) is 12.2 Å². The summed E-state index contributed by atoms with van der Waals surface area (Å²) in [5.41, 5.74) is -0.698. The summed E-state index contributed by atoms with van der Waals surface area (Å²) in [7, 11) is 1.91. The topological polar surface area (TPSA) is 24.9 Å². The summed E-state index contributed by atoms with van der Waals surface area (Å²) in [5.74, 6) is 0.865. The Morgan fingerprint density at radius 3 is 2.61 bits per heavy atom. The van der Waals surface area contributed by atoms with Gasteiger partial charge in [-0.2, -0.15) is 13.2 Å². The number of alkyl halides is 3. The maximum absolute atomic E-state index is 12.3. The number of hydrogen-bond acceptors (Lipinski definition) is 3. The van der Waals surface area contributed by atoms with Gasteiger partial charge in [-0.25, -0.2) is 4.98 Å². The standard InChI is InChI=1S/C12H17F3N2S/c1-9(16-2)4-3-7-18-11-6-5-10(8-17-11)12(13,14)15/h5-6,8-9,16H,3-4,7H2,1-2H3. The minimum absolute atomic E-state index is 0.464. The average Bonchev–Trinajstić information content (AvgIpc) is 2.33. The van der Waals surface area contributed by atoms with Crippen molar-refractivity contribution in [3.05, 3.63) is 23.9 Å². The molecule has 6 heteroatoms. The van der Waals surface area contributed by atoms with Gasteiger partial charge in [-0.05, 0) is 44.7 Å². The fraction of sp³-hybridized carbons (Fsp3) is 0.583. The molecule has 1 aromatic heterocycles. The molecule has 0 radical (unpaired) electrons. The first-order valence-electron chi connectivity index (χ1n) is 5.77. The molecule has 2 nitrogen and oxygen atoms in total. The first-order chi connectivity index (χ1) is 8.43. The Morgan fingerprint density at radius 2 is 2.11 bits per heavy atom. The molecule has 1 atom stereocenters. The number of aromatic nitrogens is 1. The number of nitrogens with one attached hydrogen (secondary N) is 1. The predicted octanol–water partition coefficient (Wildman–Crippen LogP) is 3.58. The van der Waals surface area contributed by atoms with E-state index < -0.39 is 11.7 Å². The third-order valence-corrected chi connectivity index (χ3v) is 3.62. The lowest BCUT2D eigenvalue weighted by Crippen LogP contribution is -2.20. The van der Waals surface area contributed by atoms with Crippen molar-refractivity contribution in [2.75, 3.05) is 12.8 Å². The Kier molecular flexibility index (Phi) is 5.95. The van der Waals surface area contributed by atoms with Crippen molar-refractivity contribution in [2.45, 2.75) is 37.0 Å². The van der Waals surface area contributed by atoms with Crippen molar-refractivity contribution >= 4 is 11.8 Å². The minimum atomic E-state index is -4.31. The predicted molar refractivity (Wildman–Crippen MR) is 67.7 cm³/mol. The van der Waals surface area contributed by atoms with E-state index >= 15 is 0 Å². The quantitative estimate of drug-likeness (QED) is 0.636. The maximum Gasteiger partial charge on any atom is 0.417 e. The maximum atomic E-state index is 12.3. The Balaban J connectivity index is 2.36. The molecule has 0 bridgehead atoms. The number of rotatable bonds is 6. The van der Waals surface area contributed by atoms with Crippen molar-refractivity contribution in [1.29, 1.82) is 0 Å². The molecule has 1 aromatic rings. The van der Waals surface area contributed by atoms with Gasteiger partial charge in [0.05, 0.1) is 10.6 Å².